The topological polar surface area (TPSA) is 104 Å². The molecular weight excluding hydrogens is 404 g/mol. The number of fused-ring (bicyclic) bond motifs is 3. The predicted octanol–water partition coefficient (Wildman–Crippen LogP) is 2.69. The molecule has 5 rings (SSSR count). The molecule has 1 saturated heterocycles. The molecule has 0 saturated carbocycles. The Bertz CT molecular complexity index is 1210. The van der Waals surface area contributed by atoms with Crippen molar-refractivity contribution in [2.24, 2.45) is 0 Å². The van der Waals surface area contributed by atoms with Crippen LogP contribution in [0.2, 0.25) is 0 Å². The molecule has 0 spiro atoms. The number of hydrogen-bond acceptors (Lipinski definition) is 8. The monoisotopic (exact) mass is 432 g/mol. The van der Waals surface area contributed by atoms with Crippen molar-refractivity contribution < 1.29 is 5.11 Å². The van der Waals surface area contributed by atoms with Crippen LogP contribution in [0.5, 0.6) is 0 Å². The van der Waals surface area contributed by atoms with Crippen LogP contribution in [0.15, 0.2) is 43.0 Å². The van der Waals surface area contributed by atoms with E-state index in [0.717, 1.165) is 53.6 Å². The largest absolute Gasteiger partial charge is 0.392 e. The molecule has 0 unspecified atom stereocenters. The van der Waals surface area contributed by atoms with Gasteiger partial charge in [0.25, 0.3) is 0 Å². The number of nitrogens with one attached hydrogen (secondary N) is 2. The summed E-state index contributed by atoms with van der Waals surface area (Å²) in [4.78, 5) is 20.4. The molecule has 0 aliphatic carbocycles. The zero-order valence-electron chi connectivity index (χ0n) is 18.4. The SMILES string of the molecule is CNC1CCN(c2ccc(Nc3ncc4c5ccncc5n(C[C@@H](C)O)c4n3)nc2)CC1. The Kier molecular flexibility index (Phi) is 5.59. The Morgan fingerprint density at radius 2 is 1.94 bits per heavy atom. The molecule has 0 aromatic carbocycles. The van der Waals surface area contributed by atoms with Crippen LogP contribution in [0.25, 0.3) is 21.9 Å². The van der Waals surface area contributed by atoms with E-state index in [9.17, 15) is 5.11 Å². The molecule has 4 aromatic heterocycles. The smallest absolute Gasteiger partial charge is 0.230 e. The molecular formula is C23H28N8O. The molecule has 3 N–H and O–H groups in total. The van der Waals surface area contributed by atoms with Gasteiger partial charge < -0.3 is 25.2 Å². The second-order valence-electron chi connectivity index (χ2n) is 8.36. The summed E-state index contributed by atoms with van der Waals surface area (Å²) in [6, 6.07) is 6.60. The van der Waals surface area contributed by atoms with E-state index >= 15 is 0 Å². The van der Waals surface area contributed by atoms with Crippen molar-refractivity contribution in [3.8, 4) is 0 Å². The highest BCUT2D eigenvalue weighted by Gasteiger charge is 2.18. The highest BCUT2D eigenvalue weighted by Crippen LogP contribution is 2.28. The maximum Gasteiger partial charge on any atom is 0.230 e. The van der Waals surface area contributed by atoms with Crippen molar-refractivity contribution >= 4 is 39.4 Å². The first-order valence-electron chi connectivity index (χ1n) is 11.0. The summed E-state index contributed by atoms with van der Waals surface area (Å²) in [5, 5.41) is 18.5. The van der Waals surface area contributed by atoms with E-state index in [2.05, 4.69) is 36.6 Å². The van der Waals surface area contributed by atoms with E-state index in [1.54, 1.807) is 19.3 Å². The minimum absolute atomic E-state index is 0.430. The van der Waals surface area contributed by atoms with Gasteiger partial charge in [-0.2, -0.15) is 4.98 Å². The minimum atomic E-state index is -0.507. The van der Waals surface area contributed by atoms with Crippen LogP contribution in [-0.4, -0.2) is 61.9 Å². The van der Waals surface area contributed by atoms with Crippen LogP contribution >= 0.6 is 0 Å². The third-order valence-corrected chi connectivity index (χ3v) is 6.11. The lowest BCUT2D eigenvalue weighted by atomic mass is 10.1. The third-order valence-electron chi connectivity index (χ3n) is 6.11. The third kappa shape index (κ3) is 3.96. The van der Waals surface area contributed by atoms with Gasteiger partial charge in [-0.25, -0.2) is 9.97 Å². The summed E-state index contributed by atoms with van der Waals surface area (Å²) >= 11 is 0. The van der Waals surface area contributed by atoms with Crippen molar-refractivity contribution in [1.29, 1.82) is 0 Å². The lowest BCUT2D eigenvalue weighted by Gasteiger charge is -2.33. The normalized spacial score (nSPS) is 16.0. The van der Waals surface area contributed by atoms with Gasteiger partial charge in [-0.05, 0) is 45.0 Å². The number of aliphatic hydroxyl groups is 1. The highest BCUT2D eigenvalue weighted by atomic mass is 16.3. The average molecular weight is 433 g/mol. The van der Waals surface area contributed by atoms with Crippen molar-refractivity contribution in [2.45, 2.75) is 38.5 Å². The van der Waals surface area contributed by atoms with Crippen molar-refractivity contribution in [3.63, 3.8) is 0 Å². The van der Waals surface area contributed by atoms with Gasteiger partial charge in [0, 0.05) is 42.3 Å². The zero-order chi connectivity index (χ0) is 22.1. The summed E-state index contributed by atoms with van der Waals surface area (Å²) in [7, 11) is 2.03. The maximum atomic E-state index is 9.99. The van der Waals surface area contributed by atoms with Gasteiger partial charge in [0.05, 0.1) is 36.2 Å². The van der Waals surface area contributed by atoms with Gasteiger partial charge in [-0.15, -0.1) is 0 Å². The highest BCUT2D eigenvalue weighted by molar-refractivity contribution is 6.06. The molecule has 0 bridgehead atoms. The van der Waals surface area contributed by atoms with Gasteiger partial charge in [-0.1, -0.05) is 0 Å². The Morgan fingerprint density at radius 3 is 2.66 bits per heavy atom. The molecule has 4 aromatic rings. The fourth-order valence-electron chi connectivity index (χ4n) is 4.41. The van der Waals surface area contributed by atoms with Gasteiger partial charge in [0.1, 0.15) is 11.5 Å². The summed E-state index contributed by atoms with van der Waals surface area (Å²) in [6.45, 7) is 4.26. The number of nitrogens with zero attached hydrogens (tertiary/aromatic N) is 6. The van der Waals surface area contributed by atoms with Gasteiger partial charge in [0.2, 0.25) is 5.95 Å². The van der Waals surface area contributed by atoms with E-state index in [-0.39, 0.29) is 0 Å². The average Bonchev–Trinajstić information content (AvgIpc) is 3.12. The Labute approximate surface area is 186 Å². The van der Waals surface area contributed by atoms with Crippen molar-refractivity contribution in [1.82, 2.24) is 29.8 Å². The Morgan fingerprint density at radius 1 is 1.09 bits per heavy atom. The maximum absolute atomic E-state index is 9.99. The summed E-state index contributed by atoms with van der Waals surface area (Å²) in [5.41, 5.74) is 2.82. The van der Waals surface area contributed by atoms with Gasteiger partial charge in [-0.3, -0.25) is 4.98 Å². The number of aromatic nitrogens is 5. The second-order valence-corrected chi connectivity index (χ2v) is 8.36. The van der Waals surface area contributed by atoms with Crippen LogP contribution < -0.4 is 15.5 Å². The zero-order valence-corrected chi connectivity index (χ0v) is 18.4. The number of rotatable bonds is 6. The van der Waals surface area contributed by atoms with E-state index in [0.29, 0.717) is 24.4 Å². The standard InChI is InChI=1S/C23H28N8O/c1-15(32)14-31-20-13-25-8-5-18(20)19-12-27-23(29-22(19)31)28-21-4-3-17(11-26-21)30-9-6-16(24-2)7-10-30/h3-5,8,11-13,15-16,24,32H,6-7,9-10,14H2,1-2H3,(H,26,27,28,29)/t15-/m1/s1. The fraction of sp³-hybridized carbons (Fsp3) is 0.391. The molecule has 1 aliphatic rings. The second kappa shape index (κ2) is 8.68. The number of aliphatic hydroxyl groups excluding tert-OH is 1. The Hall–Kier alpha value is -3.30. The van der Waals surface area contributed by atoms with Crippen molar-refractivity contribution in [3.05, 3.63) is 43.0 Å². The molecule has 9 heteroatoms. The molecule has 32 heavy (non-hydrogen) atoms. The summed E-state index contributed by atoms with van der Waals surface area (Å²) in [6.07, 6.45) is 9.04. The fourth-order valence-corrected chi connectivity index (χ4v) is 4.41. The molecule has 9 nitrogen and oxygen atoms in total. The van der Waals surface area contributed by atoms with Crippen LogP contribution in [-0.2, 0) is 6.54 Å². The minimum Gasteiger partial charge on any atom is -0.392 e. The molecule has 1 aliphatic heterocycles. The van der Waals surface area contributed by atoms with Crippen molar-refractivity contribution in [2.75, 3.05) is 30.4 Å². The van der Waals surface area contributed by atoms with Crippen LogP contribution in [0.1, 0.15) is 19.8 Å². The summed E-state index contributed by atoms with van der Waals surface area (Å²) in [5.74, 6) is 1.16. The van der Waals surface area contributed by atoms with Crippen LogP contribution in [0.4, 0.5) is 17.5 Å². The molecule has 1 atom stereocenters. The van der Waals surface area contributed by atoms with E-state index < -0.39 is 6.10 Å². The molecule has 0 radical (unpaired) electrons. The molecule has 1 fully saturated rings. The molecule has 5 heterocycles. The number of anilines is 3. The lowest BCUT2D eigenvalue weighted by Crippen LogP contribution is -2.41. The number of hydrogen-bond donors (Lipinski definition) is 3. The first-order valence-corrected chi connectivity index (χ1v) is 11.0. The van der Waals surface area contributed by atoms with E-state index in [4.69, 9.17) is 4.98 Å². The number of piperidine rings is 1. The van der Waals surface area contributed by atoms with Crippen LogP contribution in [0, 0.1) is 0 Å². The number of pyridine rings is 2. The first-order chi connectivity index (χ1) is 15.6. The Balaban J connectivity index is 1.39. The lowest BCUT2D eigenvalue weighted by molar-refractivity contribution is 0.176. The first kappa shape index (κ1) is 20.6. The van der Waals surface area contributed by atoms with E-state index in [1.165, 1.54) is 0 Å². The van der Waals surface area contributed by atoms with E-state index in [1.807, 2.05) is 36.1 Å². The van der Waals surface area contributed by atoms with Gasteiger partial charge in [0.15, 0.2) is 0 Å². The summed E-state index contributed by atoms with van der Waals surface area (Å²) < 4.78 is 1.99. The molecule has 166 valence electrons. The molecule has 0 amide bonds. The quantitative estimate of drug-likeness (QED) is 0.427. The predicted molar refractivity (Wildman–Crippen MR) is 126 cm³/mol. The van der Waals surface area contributed by atoms with Crippen LogP contribution in [0.3, 0.4) is 0 Å². The van der Waals surface area contributed by atoms with Gasteiger partial charge >= 0.3 is 0 Å².